The van der Waals surface area contributed by atoms with Crippen molar-refractivity contribution in [2.45, 2.75) is 30.8 Å². The molecule has 0 unspecified atom stereocenters. The van der Waals surface area contributed by atoms with Crippen molar-refractivity contribution in [2.75, 3.05) is 18.0 Å². The fourth-order valence-electron chi connectivity index (χ4n) is 3.16. The van der Waals surface area contributed by atoms with Crippen molar-refractivity contribution in [3.8, 4) is 0 Å². The Bertz CT molecular complexity index is 775. The lowest BCUT2D eigenvalue weighted by Crippen LogP contribution is -2.48. The van der Waals surface area contributed by atoms with E-state index in [1.807, 2.05) is 17.8 Å². The Hall–Kier alpha value is -1.87. The Kier molecular flexibility index (Phi) is 4.15. The summed E-state index contributed by atoms with van der Waals surface area (Å²) in [7, 11) is -0.0447. The SMILES string of the molecule is Cc1cnn(C)c1S(=O)(=O)N[C@@H]1CCCN(c2ccnn2C)C1. The summed E-state index contributed by atoms with van der Waals surface area (Å²) < 4.78 is 31.4. The molecule has 0 amide bonds. The van der Waals surface area contributed by atoms with E-state index >= 15 is 0 Å². The van der Waals surface area contributed by atoms with E-state index in [0.29, 0.717) is 12.1 Å². The zero-order valence-corrected chi connectivity index (χ0v) is 14.4. The van der Waals surface area contributed by atoms with Gasteiger partial charge in [0.05, 0.1) is 12.4 Å². The molecule has 3 heterocycles. The van der Waals surface area contributed by atoms with Crippen LogP contribution in [0.1, 0.15) is 18.4 Å². The van der Waals surface area contributed by atoms with Gasteiger partial charge >= 0.3 is 0 Å². The highest BCUT2D eigenvalue weighted by atomic mass is 32.2. The van der Waals surface area contributed by atoms with Crippen LogP contribution in [0.2, 0.25) is 0 Å². The molecule has 1 saturated heterocycles. The predicted molar refractivity (Wildman–Crippen MR) is 86.7 cm³/mol. The van der Waals surface area contributed by atoms with Gasteiger partial charge in [-0.15, -0.1) is 0 Å². The van der Waals surface area contributed by atoms with Crippen molar-refractivity contribution in [3.63, 3.8) is 0 Å². The average molecular weight is 338 g/mol. The highest BCUT2D eigenvalue weighted by Gasteiger charge is 2.29. The molecule has 9 heteroatoms. The number of anilines is 1. The van der Waals surface area contributed by atoms with Crippen LogP contribution in [0.4, 0.5) is 5.82 Å². The van der Waals surface area contributed by atoms with Crippen LogP contribution < -0.4 is 9.62 Å². The summed E-state index contributed by atoms with van der Waals surface area (Å²) in [5.74, 6) is 1.01. The van der Waals surface area contributed by atoms with Gasteiger partial charge in [0.2, 0.25) is 0 Å². The second kappa shape index (κ2) is 5.97. The van der Waals surface area contributed by atoms with E-state index in [1.54, 1.807) is 26.4 Å². The molecule has 126 valence electrons. The summed E-state index contributed by atoms with van der Waals surface area (Å²) in [6.45, 7) is 3.29. The minimum atomic E-state index is -3.58. The molecule has 1 fully saturated rings. The van der Waals surface area contributed by atoms with E-state index in [9.17, 15) is 8.42 Å². The number of nitrogens with zero attached hydrogens (tertiary/aromatic N) is 5. The second-order valence-electron chi connectivity index (χ2n) is 5.98. The predicted octanol–water partition coefficient (Wildman–Crippen LogP) is 0.409. The Morgan fingerprint density at radius 2 is 2.04 bits per heavy atom. The fraction of sp³-hybridized carbons (Fsp3) is 0.571. The number of nitrogens with one attached hydrogen (secondary N) is 1. The number of hydrogen-bond acceptors (Lipinski definition) is 5. The second-order valence-corrected chi connectivity index (χ2v) is 7.61. The van der Waals surface area contributed by atoms with Crippen LogP contribution in [0, 0.1) is 6.92 Å². The molecule has 0 saturated carbocycles. The summed E-state index contributed by atoms with van der Waals surface area (Å²) in [4.78, 5) is 2.17. The van der Waals surface area contributed by atoms with Gasteiger partial charge < -0.3 is 4.90 Å². The Labute approximate surface area is 136 Å². The van der Waals surface area contributed by atoms with Crippen LogP contribution in [0.3, 0.4) is 0 Å². The number of sulfonamides is 1. The molecule has 0 aliphatic carbocycles. The third-order valence-corrected chi connectivity index (χ3v) is 5.91. The van der Waals surface area contributed by atoms with E-state index in [1.165, 1.54) is 4.68 Å². The summed E-state index contributed by atoms with van der Waals surface area (Å²) in [6, 6.07) is 1.82. The first-order chi connectivity index (χ1) is 10.9. The van der Waals surface area contributed by atoms with E-state index in [2.05, 4.69) is 19.8 Å². The van der Waals surface area contributed by atoms with Crippen LogP contribution in [0.5, 0.6) is 0 Å². The Morgan fingerprint density at radius 1 is 1.26 bits per heavy atom. The van der Waals surface area contributed by atoms with Crippen LogP contribution in [0.25, 0.3) is 0 Å². The van der Waals surface area contributed by atoms with Gasteiger partial charge in [-0.05, 0) is 19.8 Å². The lowest BCUT2D eigenvalue weighted by molar-refractivity contribution is 0.457. The monoisotopic (exact) mass is 338 g/mol. The number of hydrogen-bond donors (Lipinski definition) is 1. The maximum Gasteiger partial charge on any atom is 0.258 e. The van der Waals surface area contributed by atoms with Gasteiger partial charge in [0, 0.05) is 44.9 Å². The largest absolute Gasteiger partial charge is 0.355 e. The van der Waals surface area contributed by atoms with Crippen LogP contribution in [0.15, 0.2) is 23.5 Å². The average Bonchev–Trinajstić information content (AvgIpc) is 3.05. The fourth-order valence-corrected chi connectivity index (χ4v) is 4.77. The molecule has 0 spiro atoms. The number of aryl methyl sites for hydroxylation is 3. The molecule has 0 aromatic carbocycles. The van der Waals surface area contributed by atoms with E-state index in [-0.39, 0.29) is 11.1 Å². The first-order valence-electron chi connectivity index (χ1n) is 7.62. The third kappa shape index (κ3) is 3.11. The molecular formula is C14H22N6O2S. The zero-order valence-electron chi connectivity index (χ0n) is 13.6. The van der Waals surface area contributed by atoms with Gasteiger partial charge in [0.25, 0.3) is 10.0 Å². The van der Waals surface area contributed by atoms with E-state index in [4.69, 9.17) is 0 Å². The van der Waals surface area contributed by atoms with Gasteiger partial charge in [-0.1, -0.05) is 0 Å². The zero-order chi connectivity index (χ0) is 16.6. The topological polar surface area (TPSA) is 85.1 Å². The lowest BCUT2D eigenvalue weighted by atomic mass is 10.1. The molecule has 2 aromatic heterocycles. The minimum absolute atomic E-state index is 0.127. The first kappa shape index (κ1) is 16.0. The summed E-state index contributed by atoms with van der Waals surface area (Å²) in [5, 5.41) is 8.43. The summed E-state index contributed by atoms with van der Waals surface area (Å²) >= 11 is 0. The molecule has 1 atom stereocenters. The molecule has 3 rings (SSSR count). The Morgan fingerprint density at radius 3 is 2.65 bits per heavy atom. The maximum absolute atomic E-state index is 12.7. The number of piperidine rings is 1. The molecule has 0 radical (unpaired) electrons. The van der Waals surface area contributed by atoms with Gasteiger partial charge in [-0.3, -0.25) is 9.36 Å². The van der Waals surface area contributed by atoms with Crippen molar-refractivity contribution in [2.24, 2.45) is 14.1 Å². The Balaban J connectivity index is 1.76. The number of aromatic nitrogens is 4. The molecule has 8 nitrogen and oxygen atoms in total. The molecule has 1 aliphatic heterocycles. The van der Waals surface area contributed by atoms with Crippen molar-refractivity contribution >= 4 is 15.8 Å². The first-order valence-corrected chi connectivity index (χ1v) is 9.10. The highest BCUT2D eigenvalue weighted by Crippen LogP contribution is 2.21. The molecule has 2 aromatic rings. The van der Waals surface area contributed by atoms with Crippen LogP contribution in [-0.4, -0.2) is 47.1 Å². The third-order valence-electron chi connectivity index (χ3n) is 4.17. The molecule has 1 aliphatic rings. The number of rotatable bonds is 4. The standard InChI is InChI=1S/C14H22N6O2S/c1-11-9-16-19(3)14(11)23(21,22)17-12-5-4-8-20(10-12)13-6-7-15-18(13)2/h6-7,9,12,17H,4-5,8,10H2,1-3H3/t12-/m1/s1. The van der Waals surface area contributed by atoms with Crippen molar-refractivity contribution in [1.82, 2.24) is 24.3 Å². The molecular weight excluding hydrogens is 316 g/mol. The van der Waals surface area contributed by atoms with Crippen molar-refractivity contribution in [3.05, 3.63) is 24.0 Å². The van der Waals surface area contributed by atoms with Crippen LogP contribution >= 0.6 is 0 Å². The van der Waals surface area contributed by atoms with Crippen molar-refractivity contribution in [1.29, 1.82) is 0 Å². The lowest BCUT2D eigenvalue weighted by Gasteiger charge is -2.34. The summed E-state index contributed by atoms with van der Waals surface area (Å²) in [5.41, 5.74) is 0.652. The maximum atomic E-state index is 12.7. The summed E-state index contributed by atoms with van der Waals surface area (Å²) in [6.07, 6.45) is 5.08. The quantitative estimate of drug-likeness (QED) is 0.873. The minimum Gasteiger partial charge on any atom is -0.355 e. The van der Waals surface area contributed by atoms with Gasteiger partial charge in [-0.2, -0.15) is 10.2 Å². The van der Waals surface area contributed by atoms with Gasteiger partial charge in [0.15, 0.2) is 5.03 Å². The normalized spacial score (nSPS) is 19.3. The van der Waals surface area contributed by atoms with Crippen molar-refractivity contribution < 1.29 is 8.42 Å². The van der Waals surface area contributed by atoms with E-state index in [0.717, 1.165) is 25.2 Å². The molecule has 1 N–H and O–H groups in total. The molecule has 23 heavy (non-hydrogen) atoms. The van der Waals surface area contributed by atoms with Gasteiger partial charge in [0.1, 0.15) is 5.82 Å². The molecule has 0 bridgehead atoms. The van der Waals surface area contributed by atoms with E-state index < -0.39 is 10.0 Å². The highest BCUT2D eigenvalue weighted by molar-refractivity contribution is 7.89. The van der Waals surface area contributed by atoms with Crippen LogP contribution in [-0.2, 0) is 24.1 Å². The van der Waals surface area contributed by atoms with Gasteiger partial charge in [-0.25, -0.2) is 13.1 Å². The smallest absolute Gasteiger partial charge is 0.258 e.